The highest BCUT2D eigenvalue weighted by molar-refractivity contribution is 4.75. The van der Waals surface area contributed by atoms with E-state index in [0.717, 1.165) is 25.9 Å². The number of hydrogen-bond acceptors (Lipinski definition) is 4. The highest BCUT2D eigenvalue weighted by atomic mass is 16.7. The van der Waals surface area contributed by atoms with Gasteiger partial charge in [0.2, 0.25) is 0 Å². The topological polar surface area (TPSA) is 53.7 Å². The average molecular weight is 203 g/mol. The van der Waals surface area contributed by atoms with E-state index in [1.54, 1.807) is 7.11 Å². The van der Waals surface area contributed by atoms with Gasteiger partial charge in [0.1, 0.15) is 0 Å². The maximum absolute atomic E-state index is 5.78. The molecular formula is C10H21NO3. The zero-order valence-electron chi connectivity index (χ0n) is 9.12. The van der Waals surface area contributed by atoms with E-state index in [-0.39, 0.29) is 6.10 Å². The summed E-state index contributed by atoms with van der Waals surface area (Å²) in [6.07, 6.45) is 2.89. The Morgan fingerprint density at radius 3 is 3.00 bits per heavy atom. The highest BCUT2D eigenvalue weighted by Crippen LogP contribution is 2.28. The molecule has 0 aliphatic carbocycles. The largest absolute Gasteiger partial charge is 0.385 e. The third kappa shape index (κ3) is 3.53. The van der Waals surface area contributed by atoms with E-state index in [1.165, 1.54) is 0 Å². The molecule has 0 aromatic carbocycles. The van der Waals surface area contributed by atoms with Gasteiger partial charge in [0.25, 0.3) is 0 Å². The van der Waals surface area contributed by atoms with Crippen LogP contribution in [-0.4, -0.2) is 38.8 Å². The first kappa shape index (κ1) is 11.9. The Labute approximate surface area is 85.7 Å². The van der Waals surface area contributed by atoms with Crippen molar-refractivity contribution in [2.24, 2.45) is 5.73 Å². The number of methoxy groups -OCH3 is 1. The molecule has 0 spiro atoms. The van der Waals surface area contributed by atoms with Gasteiger partial charge < -0.3 is 19.9 Å². The molecule has 4 nitrogen and oxygen atoms in total. The van der Waals surface area contributed by atoms with Crippen LogP contribution in [0.15, 0.2) is 0 Å². The van der Waals surface area contributed by atoms with Crippen molar-refractivity contribution in [2.75, 3.05) is 26.9 Å². The maximum Gasteiger partial charge on any atom is 0.166 e. The lowest BCUT2D eigenvalue weighted by Gasteiger charge is -2.23. The first-order chi connectivity index (χ1) is 6.70. The van der Waals surface area contributed by atoms with Gasteiger partial charge in [0, 0.05) is 20.1 Å². The van der Waals surface area contributed by atoms with Crippen molar-refractivity contribution in [3.63, 3.8) is 0 Å². The standard InChI is InChI=1S/C10H21NO3/c1-10(5-3-7-12-2)13-8-9(14-10)4-6-11/h9H,3-8,11H2,1-2H3. The van der Waals surface area contributed by atoms with Gasteiger partial charge in [0.05, 0.1) is 12.7 Å². The fraction of sp³-hybridized carbons (Fsp3) is 1.00. The van der Waals surface area contributed by atoms with Crippen LogP contribution in [0.25, 0.3) is 0 Å². The van der Waals surface area contributed by atoms with Gasteiger partial charge in [-0.05, 0) is 26.3 Å². The Morgan fingerprint density at radius 1 is 1.57 bits per heavy atom. The van der Waals surface area contributed by atoms with Crippen molar-refractivity contribution in [1.29, 1.82) is 0 Å². The molecule has 1 saturated heterocycles. The molecule has 1 rings (SSSR count). The molecule has 0 aromatic rings. The van der Waals surface area contributed by atoms with Gasteiger partial charge in [-0.2, -0.15) is 0 Å². The molecule has 1 heterocycles. The Kier molecular flexibility index (Phi) is 4.81. The molecule has 0 saturated carbocycles. The number of ether oxygens (including phenoxy) is 3. The van der Waals surface area contributed by atoms with E-state index in [9.17, 15) is 0 Å². The van der Waals surface area contributed by atoms with Crippen molar-refractivity contribution in [3.05, 3.63) is 0 Å². The predicted octanol–water partition coefficient (Wildman–Crippen LogP) is 0.893. The van der Waals surface area contributed by atoms with E-state index >= 15 is 0 Å². The monoisotopic (exact) mass is 203 g/mol. The SMILES string of the molecule is COCCCC1(C)OCC(CCN)O1. The summed E-state index contributed by atoms with van der Waals surface area (Å²) in [5.74, 6) is -0.418. The van der Waals surface area contributed by atoms with Gasteiger partial charge in [-0.1, -0.05) is 0 Å². The van der Waals surface area contributed by atoms with E-state index in [1.807, 2.05) is 6.92 Å². The van der Waals surface area contributed by atoms with Gasteiger partial charge >= 0.3 is 0 Å². The van der Waals surface area contributed by atoms with Crippen molar-refractivity contribution in [2.45, 2.75) is 38.1 Å². The summed E-state index contributed by atoms with van der Waals surface area (Å²) in [7, 11) is 1.70. The van der Waals surface area contributed by atoms with Gasteiger partial charge in [-0.3, -0.25) is 0 Å². The van der Waals surface area contributed by atoms with Crippen LogP contribution in [0.3, 0.4) is 0 Å². The Hall–Kier alpha value is -0.160. The molecule has 14 heavy (non-hydrogen) atoms. The Balaban J connectivity index is 2.22. The van der Waals surface area contributed by atoms with Crippen molar-refractivity contribution in [3.8, 4) is 0 Å². The molecule has 0 bridgehead atoms. The molecule has 4 heteroatoms. The fourth-order valence-corrected chi connectivity index (χ4v) is 1.69. The number of nitrogens with two attached hydrogens (primary N) is 1. The van der Waals surface area contributed by atoms with Crippen LogP contribution >= 0.6 is 0 Å². The van der Waals surface area contributed by atoms with E-state index < -0.39 is 5.79 Å². The van der Waals surface area contributed by atoms with Crippen LogP contribution in [0.2, 0.25) is 0 Å². The van der Waals surface area contributed by atoms with Crippen LogP contribution in [0.4, 0.5) is 0 Å². The molecule has 2 atom stereocenters. The predicted molar refractivity (Wildman–Crippen MR) is 54.0 cm³/mol. The quantitative estimate of drug-likeness (QED) is 0.651. The lowest BCUT2D eigenvalue weighted by atomic mass is 10.2. The first-order valence-electron chi connectivity index (χ1n) is 5.21. The summed E-state index contributed by atoms with van der Waals surface area (Å²) in [6.45, 7) is 4.06. The average Bonchev–Trinajstić information content (AvgIpc) is 2.49. The zero-order valence-corrected chi connectivity index (χ0v) is 9.12. The lowest BCUT2D eigenvalue weighted by Crippen LogP contribution is -2.27. The summed E-state index contributed by atoms with van der Waals surface area (Å²) in [5, 5.41) is 0. The van der Waals surface area contributed by atoms with Crippen molar-refractivity contribution < 1.29 is 14.2 Å². The molecule has 84 valence electrons. The van der Waals surface area contributed by atoms with Crippen LogP contribution in [0, 0.1) is 0 Å². The first-order valence-corrected chi connectivity index (χ1v) is 5.21. The minimum absolute atomic E-state index is 0.174. The third-order valence-electron chi connectivity index (χ3n) is 2.46. The summed E-state index contributed by atoms with van der Waals surface area (Å²) in [5.41, 5.74) is 5.46. The van der Waals surface area contributed by atoms with Crippen LogP contribution in [0.1, 0.15) is 26.2 Å². The Morgan fingerprint density at radius 2 is 2.36 bits per heavy atom. The summed E-state index contributed by atoms with van der Waals surface area (Å²) >= 11 is 0. The summed E-state index contributed by atoms with van der Waals surface area (Å²) in [4.78, 5) is 0. The minimum Gasteiger partial charge on any atom is -0.385 e. The van der Waals surface area contributed by atoms with E-state index in [0.29, 0.717) is 13.2 Å². The van der Waals surface area contributed by atoms with Crippen LogP contribution in [0.5, 0.6) is 0 Å². The lowest BCUT2D eigenvalue weighted by molar-refractivity contribution is -0.160. The zero-order chi connectivity index (χ0) is 10.4. The number of hydrogen-bond donors (Lipinski definition) is 1. The van der Waals surface area contributed by atoms with Gasteiger partial charge in [-0.25, -0.2) is 0 Å². The third-order valence-corrected chi connectivity index (χ3v) is 2.46. The second kappa shape index (κ2) is 5.66. The highest BCUT2D eigenvalue weighted by Gasteiger charge is 2.35. The van der Waals surface area contributed by atoms with Crippen LogP contribution < -0.4 is 5.73 Å². The van der Waals surface area contributed by atoms with Crippen LogP contribution in [-0.2, 0) is 14.2 Å². The molecule has 1 aliphatic rings. The second-order valence-electron chi connectivity index (χ2n) is 3.86. The summed E-state index contributed by atoms with van der Waals surface area (Å²) < 4.78 is 16.4. The molecule has 0 radical (unpaired) electrons. The normalized spacial score (nSPS) is 32.4. The van der Waals surface area contributed by atoms with Crippen molar-refractivity contribution in [1.82, 2.24) is 0 Å². The summed E-state index contributed by atoms with van der Waals surface area (Å²) in [6, 6.07) is 0. The molecule has 0 amide bonds. The molecule has 2 N–H and O–H groups in total. The molecule has 1 fully saturated rings. The minimum atomic E-state index is -0.418. The Bertz CT molecular complexity index is 165. The second-order valence-corrected chi connectivity index (χ2v) is 3.86. The molecular weight excluding hydrogens is 182 g/mol. The number of rotatable bonds is 6. The van der Waals surface area contributed by atoms with Crippen molar-refractivity contribution >= 4 is 0 Å². The van der Waals surface area contributed by atoms with E-state index in [2.05, 4.69) is 0 Å². The fourth-order valence-electron chi connectivity index (χ4n) is 1.69. The molecule has 1 aliphatic heterocycles. The van der Waals surface area contributed by atoms with Gasteiger partial charge in [-0.15, -0.1) is 0 Å². The van der Waals surface area contributed by atoms with Gasteiger partial charge in [0.15, 0.2) is 5.79 Å². The van der Waals surface area contributed by atoms with E-state index in [4.69, 9.17) is 19.9 Å². The smallest absolute Gasteiger partial charge is 0.166 e. The molecule has 0 aromatic heterocycles. The molecule has 2 unspecified atom stereocenters. The maximum atomic E-state index is 5.78.